The van der Waals surface area contributed by atoms with Gasteiger partial charge in [-0.1, -0.05) is 6.07 Å². The van der Waals surface area contributed by atoms with E-state index in [1.807, 2.05) is 19.9 Å². The summed E-state index contributed by atoms with van der Waals surface area (Å²) < 4.78 is 10.9. The molecule has 162 valence electrons. The van der Waals surface area contributed by atoms with Gasteiger partial charge in [0.1, 0.15) is 24.4 Å². The van der Waals surface area contributed by atoms with Crippen LogP contribution < -0.4 is 0 Å². The molecule has 3 rings (SSSR count). The number of hydrogen-bond acceptors (Lipinski definition) is 8. The fraction of sp³-hybridized carbons (Fsp3) is 0.667. The van der Waals surface area contributed by atoms with Crippen LogP contribution in [0.2, 0.25) is 0 Å². The van der Waals surface area contributed by atoms with E-state index < -0.39 is 48.8 Å². The molecule has 6 unspecified atom stereocenters. The first-order valence-electron chi connectivity index (χ1n) is 9.80. The van der Waals surface area contributed by atoms with Crippen LogP contribution >= 0.6 is 0 Å². The second kappa shape index (κ2) is 8.03. The Morgan fingerprint density at radius 3 is 2.38 bits per heavy atom. The van der Waals surface area contributed by atoms with Crippen molar-refractivity contribution in [1.29, 1.82) is 0 Å². The maximum absolute atomic E-state index is 12.8. The minimum absolute atomic E-state index is 0.0893. The van der Waals surface area contributed by atoms with Crippen molar-refractivity contribution in [3.63, 3.8) is 0 Å². The van der Waals surface area contributed by atoms with Crippen LogP contribution in [0.1, 0.15) is 52.6 Å². The SMILES string of the molecule is Cc1cc2c(c(C)c1CCOC1OC(CO)C(O)C(O)C1O)C(=O)C(C)(C)C2O. The average molecular weight is 410 g/mol. The van der Waals surface area contributed by atoms with Crippen LogP contribution in [-0.2, 0) is 15.9 Å². The number of ketones is 1. The third-order valence-electron chi connectivity index (χ3n) is 6.24. The zero-order valence-corrected chi connectivity index (χ0v) is 17.1. The van der Waals surface area contributed by atoms with Gasteiger partial charge in [0.15, 0.2) is 12.1 Å². The van der Waals surface area contributed by atoms with Crippen molar-refractivity contribution in [1.82, 2.24) is 0 Å². The topological polar surface area (TPSA) is 137 Å². The lowest BCUT2D eigenvalue weighted by atomic mass is 9.86. The summed E-state index contributed by atoms with van der Waals surface area (Å²) in [6, 6.07) is 1.84. The molecule has 1 fully saturated rings. The van der Waals surface area contributed by atoms with Crippen LogP contribution in [0.3, 0.4) is 0 Å². The molecule has 0 spiro atoms. The molecule has 1 saturated heterocycles. The second-order valence-electron chi connectivity index (χ2n) is 8.53. The lowest BCUT2D eigenvalue weighted by molar-refractivity contribution is -0.300. The lowest BCUT2D eigenvalue weighted by Gasteiger charge is -2.39. The Kier molecular flexibility index (Phi) is 6.18. The quantitative estimate of drug-likeness (QED) is 0.455. The minimum Gasteiger partial charge on any atom is -0.394 e. The highest BCUT2D eigenvalue weighted by molar-refractivity contribution is 6.06. The van der Waals surface area contributed by atoms with E-state index in [0.717, 1.165) is 16.7 Å². The Balaban J connectivity index is 1.74. The van der Waals surface area contributed by atoms with Crippen LogP contribution in [0, 0.1) is 19.3 Å². The molecule has 0 amide bonds. The molecule has 29 heavy (non-hydrogen) atoms. The number of aliphatic hydroxyl groups is 5. The van der Waals surface area contributed by atoms with Gasteiger partial charge in [-0.15, -0.1) is 0 Å². The van der Waals surface area contributed by atoms with E-state index in [1.54, 1.807) is 13.8 Å². The number of ether oxygens (including phenoxy) is 2. The number of carbonyl (C=O) groups excluding carboxylic acids is 1. The summed E-state index contributed by atoms with van der Waals surface area (Å²) >= 11 is 0. The van der Waals surface area contributed by atoms with Gasteiger partial charge in [0.05, 0.1) is 24.7 Å². The van der Waals surface area contributed by atoms with Crippen molar-refractivity contribution in [2.45, 2.75) is 70.9 Å². The van der Waals surface area contributed by atoms with Crippen LogP contribution in [0.25, 0.3) is 0 Å². The number of rotatable bonds is 5. The number of aryl methyl sites for hydroxylation is 1. The molecule has 0 radical (unpaired) electrons. The molecule has 0 aromatic heterocycles. The third kappa shape index (κ3) is 3.63. The molecule has 1 heterocycles. The standard InChI is InChI=1S/C21H30O8/c1-9-7-12-14(19(27)21(3,4)18(12)26)10(2)11(9)5-6-28-20-17(25)16(24)15(23)13(8-22)29-20/h7,13,15-18,20,22-26H,5-6,8H2,1-4H3. The summed E-state index contributed by atoms with van der Waals surface area (Å²) in [5.74, 6) is -0.0893. The lowest BCUT2D eigenvalue weighted by Crippen LogP contribution is -2.59. The van der Waals surface area contributed by atoms with Crippen LogP contribution in [0.4, 0.5) is 0 Å². The van der Waals surface area contributed by atoms with E-state index in [-0.39, 0.29) is 12.4 Å². The Morgan fingerprint density at radius 2 is 1.76 bits per heavy atom. The molecule has 2 aliphatic rings. The number of carbonyl (C=O) groups is 1. The number of Topliss-reactive ketones (excluding diaryl/α,β-unsaturated/α-hetero) is 1. The van der Waals surface area contributed by atoms with E-state index in [9.17, 15) is 30.3 Å². The normalized spacial score (nSPS) is 33.8. The Hall–Kier alpha value is -1.39. The van der Waals surface area contributed by atoms with Crippen molar-refractivity contribution in [3.8, 4) is 0 Å². The van der Waals surface area contributed by atoms with Gasteiger partial charge in [0.2, 0.25) is 0 Å². The zero-order valence-electron chi connectivity index (χ0n) is 17.1. The van der Waals surface area contributed by atoms with E-state index in [1.165, 1.54) is 0 Å². The average Bonchev–Trinajstić information content (AvgIpc) is 2.84. The highest BCUT2D eigenvalue weighted by Crippen LogP contribution is 2.47. The first-order chi connectivity index (χ1) is 13.5. The molecule has 8 nitrogen and oxygen atoms in total. The number of benzene rings is 1. The third-order valence-corrected chi connectivity index (χ3v) is 6.24. The van der Waals surface area contributed by atoms with Gasteiger partial charge < -0.3 is 35.0 Å². The summed E-state index contributed by atoms with van der Waals surface area (Å²) in [6.07, 6.45) is -7.02. The number of hydrogen-bond donors (Lipinski definition) is 5. The molecule has 8 heteroatoms. The number of aliphatic hydroxyl groups excluding tert-OH is 5. The predicted molar refractivity (Wildman–Crippen MR) is 102 cm³/mol. The Labute approximate surface area is 169 Å². The molecule has 6 atom stereocenters. The van der Waals surface area contributed by atoms with Crippen molar-refractivity contribution >= 4 is 5.78 Å². The summed E-state index contributed by atoms with van der Waals surface area (Å²) in [6.45, 7) is 6.82. The molecule has 0 saturated carbocycles. The predicted octanol–water partition coefficient (Wildman–Crippen LogP) is -0.0817. The van der Waals surface area contributed by atoms with Gasteiger partial charge in [-0.3, -0.25) is 4.79 Å². The van der Waals surface area contributed by atoms with Gasteiger partial charge in [-0.25, -0.2) is 0 Å². The first kappa shape index (κ1) is 22.3. The van der Waals surface area contributed by atoms with E-state index >= 15 is 0 Å². The van der Waals surface area contributed by atoms with Crippen molar-refractivity contribution in [3.05, 3.63) is 33.9 Å². The van der Waals surface area contributed by atoms with Gasteiger partial charge in [0, 0.05) is 5.56 Å². The fourth-order valence-electron chi connectivity index (χ4n) is 4.27. The van der Waals surface area contributed by atoms with Gasteiger partial charge in [-0.2, -0.15) is 0 Å². The maximum atomic E-state index is 12.8. The molecule has 1 aliphatic heterocycles. The molecule has 5 N–H and O–H groups in total. The summed E-state index contributed by atoms with van der Waals surface area (Å²) in [4.78, 5) is 12.8. The fourth-order valence-corrected chi connectivity index (χ4v) is 4.27. The molecule has 0 bridgehead atoms. The molecule has 1 aromatic rings. The molecular formula is C21H30O8. The highest BCUT2D eigenvalue weighted by atomic mass is 16.7. The van der Waals surface area contributed by atoms with Crippen LogP contribution in [-0.4, -0.2) is 75.2 Å². The highest BCUT2D eigenvalue weighted by Gasteiger charge is 2.47. The molecule has 1 aliphatic carbocycles. The maximum Gasteiger partial charge on any atom is 0.186 e. The first-order valence-corrected chi connectivity index (χ1v) is 9.80. The van der Waals surface area contributed by atoms with Crippen molar-refractivity contribution in [2.75, 3.05) is 13.2 Å². The van der Waals surface area contributed by atoms with Gasteiger partial charge in [-0.05, 0) is 56.4 Å². The van der Waals surface area contributed by atoms with Crippen molar-refractivity contribution in [2.24, 2.45) is 5.41 Å². The summed E-state index contributed by atoms with van der Waals surface area (Å²) in [7, 11) is 0. The Bertz CT molecular complexity index is 787. The summed E-state index contributed by atoms with van der Waals surface area (Å²) in [5.41, 5.74) is 2.96. The van der Waals surface area contributed by atoms with Crippen LogP contribution in [0.5, 0.6) is 0 Å². The monoisotopic (exact) mass is 410 g/mol. The zero-order chi connectivity index (χ0) is 21.7. The smallest absolute Gasteiger partial charge is 0.186 e. The molecular weight excluding hydrogens is 380 g/mol. The van der Waals surface area contributed by atoms with Crippen molar-refractivity contribution < 1.29 is 39.8 Å². The largest absolute Gasteiger partial charge is 0.394 e. The van der Waals surface area contributed by atoms with E-state index in [4.69, 9.17) is 9.47 Å². The van der Waals surface area contributed by atoms with E-state index in [0.29, 0.717) is 17.5 Å². The van der Waals surface area contributed by atoms with Crippen LogP contribution in [0.15, 0.2) is 6.07 Å². The summed E-state index contributed by atoms with van der Waals surface area (Å²) in [5, 5.41) is 49.5. The number of fused-ring (bicyclic) bond motifs is 1. The molecule has 1 aromatic carbocycles. The Morgan fingerprint density at radius 1 is 1.10 bits per heavy atom. The second-order valence-corrected chi connectivity index (χ2v) is 8.53. The van der Waals surface area contributed by atoms with E-state index in [2.05, 4.69) is 0 Å². The van der Waals surface area contributed by atoms with Gasteiger partial charge >= 0.3 is 0 Å². The van der Waals surface area contributed by atoms with Gasteiger partial charge in [0.25, 0.3) is 0 Å². The minimum atomic E-state index is -1.49.